The lowest BCUT2D eigenvalue weighted by Gasteiger charge is -2.09. The fourth-order valence-electron chi connectivity index (χ4n) is 1.65. The standard InChI is InChI=1S/C15H10ClFN2O2/c16-11-5-12(17)7-13(6-11)19-15(20)9-21-14-4-2-1-3-10(14)8-18/h1-7H,9H2,(H,19,20). The fourth-order valence-corrected chi connectivity index (χ4v) is 1.87. The van der Waals surface area contributed by atoms with E-state index in [0.717, 1.165) is 12.1 Å². The van der Waals surface area contributed by atoms with Gasteiger partial charge in [-0.15, -0.1) is 0 Å². The van der Waals surface area contributed by atoms with E-state index in [9.17, 15) is 9.18 Å². The highest BCUT2D eigenvalue weighted by Crippen LogP contribution is 2.19. The molecule has 2 aromatic carbocycles. The van der Waals surface area contributed by atoms with Crippen LogP contribution in [0.2, 0.25) is 5.02 Å². The maximum Gasteiger partial charge on any atom is 0.262 e. The minimum absolute atomic E-state index is 0.182. The first kappa shape index (κ1) is 14.8. The van der Waals surface area contributed by atoms with Crippen LogP contribution in [0.4, 0.5) is 10.1 Å². The van der Waals surface area contributed by atoms with Crippen LogP contribution in [0.25, 0.3) is 0 Å². The Labute approximate surface area is 125 Å². The molecule has 0 aliphatic carbocycles. The van der Waals surface area contributed by atoms with E-state index in [4.69, 9.17) is 21.6 Å². The SMILES string of the molecule is N#Cc1ccccc1OCC(=O)Nc1cc(F)cc(Cl)c1. The average molecular weight is 305 g/mol. The Morgan fingerprint density at radius 2 is 2.10 bits per heavy atom. The Balaban J connectivity index is 1.98. The van der Waals surface area contributed by atoms with Crippen molar-refractivity contribution in [2.24, 2.45) is 0 Å². The molecule has 0 fully saturated rings. The molecule has 21 heavy (non-hydrogen) atoms. The van der Waals surface area contributed by atoms with E-state index < -0.39 is 11.7 Å². The van der Waals surface area contributed by atoms with E-state index in [0.29, 0.717) is 11.3 Å². The Kier molecular flexibility index (Phi) is 4.75. The average Bonchev–Trinajstić information content (AvgIpc) is 2.44. The second kappa shape index (κ2) is 6.73. The third kappa shape index (κ3) is 4.20. The highest BCUT2D eigenvalue weighted by atomic mass is 35.5. The molecule has 0 aliphatic heterocycles. The van der Waals surface area contributed by atoms with Gasteiger partial charge in [0.25, 0.3) is 5.91 Å². The van der Waals surface area contributed by atoms with E-state index in [2.05, 4.69) is 5.32 Å². The third-order valence-electron chi connectivity index (χ3n) is 2.51. The summed E-state index contributed by atoms with van der Waals surface area (Å²) >= 11 is 5.69. The maximum absolute atomic E-state index is 13.1. The van der Waals surface area contributed by atoms with Crippen LogP contribution in [0.15, 0.2) is 42.5 Å². The van der Waals surface area contributed by atoms with Crippen LogP contribution in [0.5, 0.6) is 5.75 Å². The summed E-state index contributed by atoms with van der Waals surface area (Å²) in [6, 6.07) is 12.2. The van der Waals surface area contributed by atoms with E-state index >= 15 is 0 Å². The number of ether oxygens (including phenoxy) is 1. The lowest BCUT2D eigenvalue weighted by Crippen LogP contribution is -2.20. The van der Waals surface area contributed by atoms with Crippen molar-refractivity contribution in [1.82, 2.24) is 0 Å². The first-order chi connectivity index (χ1) is 10.1. The molecule has 1 N–H and O–H groups in total. The van der Waals surface area contributed by atoms with Gasteiger partial charge < -0.3 is 10.1 Å². The number of anilines is 1. The summed E-state index contributed by atoms with van der Waals surface area (Å²) in [6.45, 7) is -0.299. The summed E-state index contributed by atoms with van der Waals surface area (Å²) in [5.74, 6) is -0.717. The molecule has 0 bridgehead atoms. The smallest absolute Gasteiger partial charge is 0.262 e. The Morgan fingerprint density at radius 1 is 1.33 bits per heavy atom. The topological polar surface area (TPSA) is 62.1 Å². The lowest BCUT2D eigenvalue weighted by molar-refractivity contribution is -0.118. The van der Waals surface area contributed by atoms with Crippen LogP contribution >= 0.6 is 11.6 Å². The minimum atomic E-state index is -0.548. The van der Waals surface area contributed by atoms with Crippen molar-refractivity contribution in [3.8, 4) is 11.8 Å². The zero-order chi connectivity index (χ0) is 15.2. The number of nitrogens with one attached hydrogen (secondary N) is 1. The molecule has 0 atom stereocenters. The Hall–Kier alpha value is -2.58. The van der Waals surface area contributed by atoms with Crippen molar-refractivity contribution in [2.75, 3.05) is 11.9 Å². The molecule has 0 aromatic heterocycles. The Bertz CT molecular complexity index is 693. The first-order valence-electron chi connectivity index (χ1n) is 5.96. The number of carbonyl (C=O) groups excluding carboxylic acids is 1. The van der Waals surface area contributed by atoms with Crippen molar-refractivity contribution in [3.63, 3.8) is 0 Å². The summed E-state index contributed by atoms with van der Waals surface area (Å²) in [7, 11) is 0. The Morgan fingerprint density at radius 3 is 2.81 bits per heavy atom. The molecule has 2 aromatic rings. The van der Waals surface area contributed by atoms with Crippen LogP contribution in [0.1, 0.15) is 5.56 Å². The second-order valence-electron chi connectivity index (χ2n) is 4.10. The van der Waals surface area contributed by atoms with Crippen LogP contribution in [0.3, 0.4) is 0 Å². The number of para-hydroxylation sites is 1. The molecule has 2 rings (SSSR count). The molecular weight excluding hydrogens is 295 g/mol. The number of nitrogens with zero attached hydrogens (tertiary/aromatic N) is 1. The molecule has 0 spiro atoms. The molecule has 6 heteroatoms. The minimum Gasteiger partial charge on any atom is -0.482 e. The highest BCUT2D eigenvalue weighted by Gasteiger charge is 2.08. The van der Waals surface area contributed by atoms with Gasteiger partial charge in [0.2, 0.25) is 0 Å². The predicted octanol–water partition coefficient (Wildman–Crippen LogP) is 3.37. The van der Waals surface area contributed by atoms with Gasteiger partial charge in [-0.05, 0) is 30.3 Å². The van der Waals surface area contributed by atoms with E-state index in [1.165, 1.54) is 6.07 Å². The van der Waals surface area contributed by atoms with E-state index in [1.54, 1.807) is 24.3 Å². The second-order valence-corrected chi connectivity index (χ2v) is 4.54. The van der Waals surface area contributed by atoms with Gasteiger partial charge in [-0.3, -0.25) is 4.79 Å². The first-order valence-corrected chi connectivity index (χ1v) is 6.34. The molecule has 0 unspecified atom stereocenters. The number of hydrogen-bond acceptors (Lipinski definition) is 3. The molecule has 0 radical (unpaired) electrons. The maximum atomic E-state index is 13.1. The fraction of sp³-hybridized carbons (Fsp3) is 0.0667. The normalized spacial score (nSPS) is 9.76. The van der Waals surface area contributed by atoms with Crippen LogP contribution in [-0.4, -0.2) is 12.5 Å². The van der Waals surface area contributed by atoms with Crippen LogP contribution in [-0.2, 0) is 4.79 Å². The van der Waals surface area contributed by atoms with E-state index in [1.807, 2.05) is 6.07 Å². The van der Waals surface area contributed by atoms with E-state index in [-0.39, 0.29) is 17.3 Å². The van der Waals surface area contributed by atoms with Crippen molar-refractivity contribution in [2.45, 2.75) is 0 Å². The molecule has 0 heterocycles. The number of hydrogen-bond donors (Lipinski definition) is 1. The number of nitriles is 1. The van der Waals surface area contributed by atoms with Gasteiger partial charge in [0.1, 0.15) is 17.6 Å². The molecule has 1 amide bonds. The quantitative estimate of drug-likeness (QED) is 0.942. The molecule has 0 saturated heterocycles. The summed E-state index contributed by atoms with van der Waals surface area (Å²) in [5, 5.41) is 11.5. The molecule has 0 aliphatic rings. The van der Waals surface area contributed by atoms with Crippen LogP contribution in [0, 0.1) is 17.1 Å². The highest BCUT2D eigenvalue weighted by molar-refractivity contribution is 6.30. The molecular formula is C15H10ClFN2O2. The van der Waals surface area contributed by atoms with Crippen molar-refractivity contribution in [3.05, 3.63) is 58.9 Å². The zero-order valence-electron chi connectivity index (χ0n) is 10.8. The summed E-state index contributed by atoms with van der Waals surface area (Å²) in [5.41, 5.74) is 0.571. The van der Waals surface area contributed by atoms with Crippen LogP contribution < -0.4 is 10.1 Å². The van der Waals surface area contributed by atoms with Gasteiger partial charge >= 0.3 is 0 Å². The van der Waals surface area contributed by atoms with Gasteiger partial charge in [-0.1, -0.05) is 23.7 Å². The molecule has 4 nitrogen and oxygen atoms in total. The monoisotopic (exact) mass is 304 g/mol. The van der Waals surface area contributed by atoms with Gasteiger partial charge in [0, 0.05) is 10.7 Å². The van der Waals surface area contributed by atoms with Crippen molar-refractivity contribution < 1.29 is 13.9 Å². The number of carbonyl (C=O) groups is 1. The number of amides is 1. The third-order valence-corrected chi connectivity index (χ3v) is 2.73. The van der Waals surface area contributed by atoms with Gasteiger partial charge in [0.05, 0.1) is 5.56 Å². The molecule has 106 valence electrons. The van der Waals surface area contributed by atoms with Gasteiger partial charge in [-0.2, -0.15) is 5.26 Å². The zero-order valence-corrected chi connectivity index (χ0v) is 11.5. The van der Waals surface area contributed by atoms with Gasteiger partial charge in [0.15, 0.2) is 6.61 Å². The number of rotatable bonds is 4. The summed E-state index contributed by atoms with van der Waals surface area (Å²) < 4.78 is 18.4. The lowest BCUT2D eigenvalue weighted by atomic mass is 10.2. The summed E-state index contributed by atoms with van der Waals surface area (Å²) in [4.78, 5) is 11.7. The van der Waals surface area contributed by atoms with Crippen molar-refractivity contribution in [1.29, 1.82) is 5.26 Å². The van der Waals surface area contributed by atoms with Crippen molar-refractivity contribution >= 4 is 23.2 Å². The van der Waals surface area contributed by atoms with Gasteiger partial charge in [-0.25, -0.2) is 4.39 Å². The predicted molar refractivity (Wildman–Crippen MR) is 76.7 cm³/mol. The number of halogens is 2. The largest absolute Gasteiger partial charge is 0.482 e. The summed E-state index contributed by atoms with van der Waals surface area (Å²) in [6.07, 6.45) is 0. The number of benzene rings is 2. The molecule has 0 saturated carbocycles.